The fourth-order valence-electron chi connectivity index (χ4n) is 1.18. The predicted molar refractivity (Wildman–Crippen MR) is 61.7 cm³/mol. The molecule has 108 valence electrons. The maximum absolute atomic E-state index is 10.7. The Morgan fingerprint density at radius 1 is 1.53 bits per heavy atom. The zero-order valence-electron chi connectivity index (χ0n) is 9.91. The number of aromatic nitrogens is 2. The lowest BCUT2D eigenvalue weighted by molar-refractivity contribution is -0.389. The summed E-state index contributed by atoms with van der Waals surface area (Å²) in [6.45, 7) is -0.786. The number of aliphatic hydroxyl groups excluding tert-OH is 2. The lowest BCUT2D eigenvalue weighted by Crippen LogP contribution is -2.34. The molecule has 0 amide bonds. The Balaban J connectivity index is 2.53. The van der Waals surface area contributed by atoms with Gasteiger partial charge in [-0.3, -0.25) is 4.18 Å². The zero-order chi connectivity index (χ0) is 14.6. The minimum absolute atomic E-state index is 0.185. The van der Waals surface area contributed by atoms with Crippen LogP contribution in [0.15, 0.2) is 12.5 Å². The molecule has 1 aromatic heterocycles. The predicted octanol–water partition coefficient (Wildman–Crippen LogP) is -1.51. The molecule has 0 fully saturated rings. The van der Waals surface area contributed by atoms with E-state index in [0.717, 1.165) is 18.8 Å². The van der Waals surface area contributed by atoms with E-state index in [0.29, 0.717) is 0 Å². The highest BCUT2D eigenvalue weighted by Gasteiger charge is 2.20. The minimum atomic E-state index is -3.71. The van der Waals surface area contributed by atoms with Crippen molar-refractivity contribution in [2.45, 2.75) is 18.8 Å². The SMILES string of the molecule is CS(=O)(=O)OCC(O)C(O)Cn1cnc([N+](=O)[O-])c1. The van der Waals surface area contributed by atoms with E-state index in [1.54, 1.807) is 0 Å². The molecule has 0 saturated carbocycles. The second-order valence-electron chi connectivity index (χ2n) is 3.81. The molecule has 0 aliphatic carbocycles. The van der Waals surface area contributed by atoms with Crippen molar-refractivity contribution in [3.8, 4) is 0 Å². The highest BCUT2D eigenvalue weighted by Crippen LogP contribution is 2.08. The standard InChI is InChI=1S/C8H13N3O7S/c1-19(16,17)18-4-7(13)6(12)2-10-3-8(9-5-10)11(14)15/h3,5-7,12-13H,2,4H2,1H3. The smallest absolute Gasteiger partial charge is 0.381 e. The molecular formula is C8H13N3O7S. The van der Waals surface area contributed by atoms with Gasteiger partial charge < -0.3 is 24.9 Å². The summed E-state index contributed by atoms with van der Waals surface area (Å²) in [5.74, 6) is -0.394. The van der Waals surface area contributed by atoms with Crippen LogP contribution in [0.25, 0.3) is 0 Å². The lowest BCUT2D eigenvalue weighted by atomic mass is 10.2. The van der Waals surface area contributed by atoms with Crippen LogP contribution >= 0.6 is 0 Å². The van der Waals surface area contributed by atoms with Crippen LogP contribution in [0.4, 0.5) is 5.82 Å². The first-order valence-corrected chi connectivity index (χ1v) is 6.87. The van der Waals surface area contributed by atoms with Gasteiger partial charge in [-0.2, -0.15) is 8.42 Å². The third kappa shape index (κ3) is 5.30. The Bertz CT molecular complexity index is 540. The van der Waals surface area contributed by atoms with Crippen LogP contribution in [-0.4, -0.2) is 58.2 Å². The lowest BCUT2D eigenvalue weighted by Gasteiger charge is -2.16. The number of imidazole rings is 1. The Morgan fingerprint density at radius 3 is 2.63 bits per heavy atom. The van der Waals surface area contributed by atoms with Gasteiger partial charge >= 0.3 is 5.82 Å². The molecule has 2 atom stereocenters. The summed E-state index contributed by atoms with van der Waals surface area (Å²) in [6, 6.07) is 0. The van der Waals surface area contributed by atoms with Crippen LogP contribution < -0.4 is 0 Å². The average molecular weight is 295 g/mol. The van der Waals surface area contributed by atoms with Crippen LogP contribution in [0, 0.1) is 10.1 Å². The number of hydrogen-bond acceptors (Lipinski definition) is 8. The average Bonchev–Trinajstić information content (AvgIpc) is 2.73. The van der Waals surface area contributed by atoms with Crippen LogP contribution in [0.1, 0.15) is 0 Å². The summed E-state index contributed by atoms with van der Waals surface area (Å²) in [5.41, 5.74) is 0. The number of nitro groups is 1. The third-order valence-electron chi connectivity index (χ3n) is 2.10. The zero-order valence-corrected chi connectivity index (χ0v) is 10.7. The molecule has 1 heterocycles. The van der Waals surface area contributed by atoms with Crippen molar-refractivity contribution in [1.82, 2.24) is 9.55 Å². The number of hydrogen-bond donors (Lipinski definition) is 2. The van der Waals surface area contributed by atoms with Gasteiger partial charge in [-0.25, -0.2) is 0 Å². The molecular weight excluding hydrogens is 282 g/mol. The summed E-state index contributed by atoms with van der Waals surface area (Å²) in [4.78, 5) is 13.1. The highest BCUT2D eigenvalue weighted by atomic mass is 32.2. The quantitative estimate of drug-likeness (QED) is 0.351. The molecule has 10 nitrogen and oxygen atoms in total. The van der Waals surface area contributed by atoms with Crippen LogP contribution in [0.3, 0.4) is 0 Å². The van der Waals surface area contributed by atoms with Gasteiger partial charge in [0.25, 0.3) is 10.1 Å². The summed E-state index contributed by atoms with van der Waals surface area (Å²) in [5, 5.41) is 29.4. The molecule has 1 aromatic rings. The van der Waals surface area contributed by atoms with Crippen LogP contribution in [0.5, 0.6) is 0 Å². The fourth-order valence-corrected chi connectivity index (χ4v) is 1.57. The topological polar surface area (TPSA) is 145 Å². The van der Waals surface area contributed by atoms with Crippen molar-refractivity contribution >= 4 is 15.9 Å². The molecule has 2 unspecified atom stereocenters. The molecule has 0 spiro atoms. The van der Waals surface area contributed by atoms with Gasteiger partial charge in [-0.05, 0) is 9.91 Å². The summed E-state index contributed by atoms with van der Waals surface area (Å²) < 4.78 is 26.9. The van der Waals surface area contributed by atoms with Crippen molar-refractivity contribution in [3.63, 3.8) is 0 Å². The van der Waals surface area contributed by atoms with E-state index in [1.807, 2.05) is 0 Å². The first-order chi connectivity index (χ1) is 8.69. The Morgan fingerprint density at radius 2 is 2.16 bits per heavy atom. The molecule has 0 radical (unpaired) electrons. The molecule has 0 bridgehead atoms. The van der Waals surface area contributed by atoms with Crippen molar-refractivity contribution in [3.05, 3.63) is 22.6 Å². The molecule has 2 N–H and O–H groups in total. The van der Waals surface area contributed by atoms with E-state index in [4.69, 9.17) is 0 Å². The molecule has 0 saturated heterocycles. The first kappa shape index (κ1) is 15.5. The first-order valence-electron chi connectivity index (χ1n) is 5.06. The van der Waals surface area contributed by atoms with Gasteiger partial charge in [-0.1, -0.05) is 0 Å². The van der Waals surface area contributed by atoms with Crippen molar-refractivity contribution < 1.29 is 27.7 Å². The maximum Gasteiger partial charge on any atom is 0.381 e. The van der Waals surface area contributed by atoms with Crippen LogP contribution in [-0.2, 0) is 20.8 Å². The summed E-state index contributed by atoms with van der Waals surface area (Å²) in [6.07, 6.45) is 0.205. The van der Waals surface area contributed by atoms with Crippen LogP contribution in [0.2, 0.25) is 0 Å². The van der Waals surface area contributed by atoms with Crippen molar-refractivity contribution in [1.29, 1.82) is 0 Å². The molecule has 11 heteroatoms. The third-order valence-corrected chi connectivity index (χ3v) is 2.67. The van der Waals surface area contributed by atoms with E-state index >= 15 is 0 Å². The van der Waals surface area contributed by atoms with E-state index in [2.05, 4.69) is 9.17 Å². The van der Waals surface area contributed by atoms with Gasteiger partial charge in [0.2, 0.25) is 6.33 Å². The number of aliphatic hydroxyl groups is 2. The largest absolute Gasteiger partial charge is 0.388 e. The second kappa shape index (κ2) is 6.06. The van der Waals surface area contributed by atoms with E-state index in [9.17, 15) is 28.7 Å². The highest BCUT2D eigenvalue weighted by molar-refractivity contribution is 7.85. The Kier molecular flexibility index (Phi) is 4.94. The Hall–Kier alpha value is -1.56. The van der Waals surface area contributed by atoms with Gasteiger partial charge in [-0.15, -0.1) is 0 Å². The van der Waals surface area contributed by atoms with E-state index in [1.165, 1.54) is 4.57 Å². The Labute approximate surface area is 108 Å². The summed E-state index contributed by atoms with van der Waals surface area (Å²) in [7, 11) is -3.71. The van der Waals surface area contributed by atoms with Crippen molar-refractivity contribution in [2.24, 2.45) is 0 Å². The minimum Gasteiger partial charge on any atom is -0.388 e. The molecule has 19 heavy (non-hydrogen) atoms. The van der Waals surface area contributed by atoms with Gasteiger partial charge in [0.05, 0.1) is 19.4 Å². The van der Waals surface area contributed by atoms with Gasteiger partial charge in [0.1, 0.15) is 18.4 Å². The number of nitrogens with zero attached hydrogens (tertiary/aromatic N) is 3. The summed E-state index contributed by atoms with van der Waals surface area (Å²) >= 11 is 0. The normalized spacial score (nSPS) is 15.1. The monoisotopic (exact) mass is 295 g/mol. The van der Waals surface area contributed by atoms with Gasteiger partial charge in [0.15, 0.2) is 0 Å². The molecule has 1 rings (SSSR count). The van der Waals surface area contributed by atoms with E-state index < -0.39 is 39.7 Å². The second-order valence-corrected chi connectivity index (χ2v) is 5.45. The maximum atomic E-state index is 10.7. The van der Waals surface area contributed by atoms with Crippen molar-refractivity contribution in [2.75, 3.05) is 12.9 Å². The van der Waals surface area contributed by atoms with E-state index in [-0.39, 0.29) is 6.54 Å². The fraction of sp³-hybridized carbons (Fsp3) is 0.625. The molecule has 0 aromatic carbocycles. The number of rotatable bonds is 7. The molecule has 0 aliphatic heterocycles. The molecule has 0 aliphatic rings. The van der Waals surface area contributed by atoms with Gasteiger partial charge in [0, 0.05) is 0 Å².